The van der Waals surface area contributed by atoms with Crippen LogP contribution in [0.3, 0.4) is 0 Å². The molecule has 0 saturated heterocycles. The van der Waals surface area contributed by atoms with Gasteiger partial charge in [0, 0.05) is 28.2 Å². The number of hydrogen-bond donors (Lipinski definition) is 1. The Kier molecular flexibility index (Phi) is 10.3. The number of amides is 2. The topological polar surface area (TPSA) is 58.6 Å². The number of benzene rings is 2. The summed E-state index contributed by atoms with van der Waals surface area (Å²) in [4.78, 5) is 28.3. The number of nitrogens with zero attached hydrogens (tertiary/aromatic N) is 1. The van der Waals surface area contributed by atoms with Crippen molar-refractivity contribution in [3.8, 4) is 5.75 Å². The Balaban J connectivity index is 1.78. The molecule has 5 nitrogen and oxygen atoms in total. The van der Waals surface area contributed by atoms with Crippen LogP contribution in [0.5, 0.6) is 5.75 Å². The number of ether oxygens (including phenoxy) is 1. The average Bonchev–Trinajstić information content (AvgIpc) is 2.85. The largest absolute Gasteiger partial charge is 0.484 e. The summed E-state index contributed by atoms with van der Waals surface area (Å²) in [5.74, 6) is 0.587. The molecule has 2 amide bonds. The van der Waals surface area contributed by atoms with E-state index in [9.17, 15) is 9.59 Å². The lowest BCUT2D eigenvalue weighted by Gasteiger charge is -2.33. The first-order valence-electron chi connectivity index (χ1n) is 12.6. The zero-order valence-electron chi connectivity index (χ0n) is 20.9. The van der Waals surface area contributed by atoms with E-state index in [0.29, 0.717) is 33.7 Å². The van der Waals surface area contributed by atoms with Crippen molar-refractivity contribution in [2.75, 3.05) is 6.61 Å². The molecule has 0 spiro atoms. The summed E-state index contributed by atoms with van der Waals surface area (Å²) in [7, 11) is 0. The van der Waals surface area contributed by atoms with Crippen LogP contribution in [-0.4, -0.2) is 35.4 Å². The third kappa shape index (κ3) is 7.62. The number of halogens is 2. The fourth-order valence-electron chi connectivity index (χ4n) is 4.49. The van der Waals surface area contributed by atoms with E-state index in [1.807, 2.05) is 31.2 Å². The molecule has 3 rings (SSSR count). The lowest BCUT2D eigenvalue weighted by molar-refractivity contribution is -0.143. The van der Waals surface area contributed by atoms with Gasteiger partial charge in [-0.3, -0.25) is 9.59 Å². The first-order chi connectivity index (χ1) is 16.8. The molecule has 2 aromatic rings. The number of carbonyl (C=O) groups is 2. The van der Waals surface area contributed by atoms with Crippen LogP contribution in [0.2, 0.25) is 10.0 Å². The zero-order chi connectivity index (χ0) is 25.4. The number of rotatable bonds is 10. The molecule has 35 heavy (non-hydrogen) atoms. The van der Waals surface area contributed by atoms with Crippen LogP contribution >= 0.6 is 23.2 Å². The SMILES string of the molecule is CCC(C(=O)NC1CCCCC1)N(Cc1c(Cl)cccc1Cl)C(=O)COc1ccc(C(C)C)cc1. The summed E-state index contributed by atoms with van der Waals surface area (Å²) in [6, 6.07) is 12.5. The van der Waals surface area contributed by atoms with E-state index >= 15 is 0 Å². The molecule has 190 valence electrons. The van der Waals surface area contributed by atoms with E-state index in [4.69, 9.17) is 27.9 Å². The first kappa shape index (κ1) is 27.3. The van der Waals surface area contributed by atoms with Gasteiger partial charge in [-0.25, -0.2) is 0 Å². The van der Waals surface area contributed by atoms with Crippen LogP contribution in [0.15, 0.2) is 42.5 Å². The summed E-state index contributed by atoms with van der Waals surface area (Å²) < 4.78 is 5.82. The Hall–Kier alpha value is -2.24. The van der Waals surface area contributed by atoms with E-state index < -0.39 is 6.04 Å². The fourth-order valence-corrected chi connectivity index (χ4v) is 5.01. The molecule has 0 radical (unpaired) electrons. The van der Waals surface area contributed by atoms with Gasteiger partial charge in [0.15, 0.2) is 6.61 Å². The van der Waals surface area contributed by atoms with Crippen molar-refractivity contribution in [2.24, 2.45) is 0 Å². The molecule has 7 heteroatoms. The lowest BCUT2D eigenvalue weighted by atomic mass is 9.95. The van der Waals surface area contributed by atoms with E-state index in [2.05, 4.69) is 19.2 Å². The maximum atomic E-state index is 13.5. The van der Waals surface area contributed by atoms with Gasteiger partial charge in [-0.05, 0) is 55.0 Å². The van der Waals surface area contributed by atoms with Gasteiger partial charge in [-0.2, -0.15) is 0 Å². The number of carbonyl (C=O) groups excluding carboxylic acids is 2. The van der Waals surface area contributed by atoms with Crippen LogP contribution in [-0.2, 0) is 16.1 Å². The molecule has 1 fully saturated rings. The smallest absolute Gasteiger partial charge is 0.261 e. The Morgan fingerprint density at radius 3 is 2.23 bits per heavy atom. The van der Waals surface area contributed by atoms with Crippen molar-refractivity contribution >= 4 is 35.0 Å². The van der Waals surface area contributed by atoms with Gasteiger partial charge in [-0.15, -0.1) is 0 Å². The Morgan fingerprint density at radius 2 is 1.66 bits per heavy atom. The van der Waals surface area contributed by atoms with Gasteiger partial charge < -0.3 is 15.0 Å². The molecule has 0 heterocycles. The molecule has 1 atom stereocenters. The highest BCUT2D eigenvalue weighted by Crippen LogP contribution is 2.27. The molecule has 2 aromatic carbocycles. The minimum absolute atomic E-state index is 0.129. The normalized spacial score (nSPS) is 15.0. The van der Waals surface area contributed by atoms with Crippen molar-refractivity contribution < 1.29 is 14.3 Å². The second kappa shape index (κ2) is 13.2. The predicted octanol–water partition coefficient (Wildman–Crippen LogP) is 6.75. The van der Waals surface area contributed by atoms with Crippen molar-refractivity contribution in [3.63, 3.8) is 0 Å². The highest BCUT2D eigenvalue weighted by Gasteiger charge is 2.31. The number of hydrogen-bond acceptors (Lipinski definition) is 3. The van der Waals surface area contributed by atoms with Gasteiger partial charge in [0.25, 0.3) is 5.91 Å². The van der Waals surface area contributed by atoms with Gasteiger partial charge in [-0.1, -0.05) is 81.4 Å². The molecular formula is C28H36Cl2N2O3. The molecule has 1 aliphatic carbocycles. The summed E-state index contributed by atoms with van der Waals surface area (Å²) in [5.41, 5.74) is 1.82. The molecule has 0 bridgehead atoms. The second-order valence-corrected chi connectivity index (χ2v) is 10.3. The maximum absolute atomic E-state index is 13.5. The Labute approximate surface area is 219 Å². The van der Waals surface area contributed by atoms with Gasteiger partial charge in [0.1, 0.15) is 11.8 Å². The molecule has 0 aliphatic heterocycles. The third-order valence-corrected chi connectivity index (χ3v) is 7.34. The van der Waals surface area contributed by atoms with Crippen molar-refractivity contribution in [1.29, 1.82) is 0 Å². The molecular weight excluding hydrogens is 483 g/mol. The lowest BCUT2D eigenvalue weighted by Crippen LogP contribution is -2.52. The maximum Gasteiger partial charge on any atom is 0.261 e. The van der Waals surface area contributed by atoms with Gasteiger partial charge in [0.05, 0.1) is 0 Å². The minimum atomic E-state index is -0.649. The van der Waals surface area contributed by atoms with Crippen molar-refractivity contribution in [2.45, 2.75) is 83.8 Å². The van der Waals surface area contributed by atoms with Crippen LogP contribution < -0.4 is 10.1 Å². The molecule has 1 saturated carbocycles. The molecule has 1 N–H and O–H groups in total. The van der Waals surface area contributed by atoms with Crippen LogP contribution in [0, 0.1) is 0 Å². The molecule has 1 aliphatic rings. The summed E-state index contributed by atoms with van der Waals surface area (Å²) in [6.45, 7) is 6.10. The fraction of sp³-hybridized carbons (Fsp3) is 0.500. The summed E-state index contributed by atoms with van der Waals surface area (Å²) >= 11 is 12.8. The zero-order valence-corrected chi connectivity index (χ0v) is 22.4. The highest BCUT2D eigenvalue weighted by atomic mass is 35.5. The Bertz CT molecular complexity index is 968. The van der Waals surface area contributed by atoms with Crippen LogP contribution in [0.1, 0.15) is 76.3 Å². The van der Waals surface area contributed by atoms with Gasteiger partial charge in [0.2, 0.25) is 5.91 Å². The monoisotopic (exact) mass is 518 g/mol. The Morgan fingerprint density at radius 1 is 1.03 bits per heavy atom. The van der Waals surface area contributed by atoms with E-state index in [0.717, 1.165) is 25.7 Å². The van der Waals surface area contributed by atoms with Crippen molar-refractivity contribution in [1.82, 2.24) is 10.2 Å². The average molecular weight is 520 g/mol. The first-order valence-corrected chi connectivity index (χ1v) is 13.3. The minimum Gasteiger partial charge on any atom is -0.484 e. The molecule has 0 aromatic heterocycles. The van der Waals surface area contributed by atoms with E-state index in [1.165, 1.54) is 12.0 Å². The van der Waals surface area contributed by atoms with Crippen LogP contribution in [0.25, 0.3) is 0 Å². The summed E-state index contributed by atoms with van der Waals surface area (Å²) in [6.07, 6.45) is 5.85. The number of nitrogens with one attached hydrogen (secondary N) is 1. The van der Waals surface area contributed by atoms with Crippen molar-refractivity contribution in [3.05, 3.63) is 63.6 Å². The second-order valence-electron chi connectivity index (χ2n) is 9.50. The third-order valence-electron chi connectivity index (χ3n) is 6.64. The quantitative estimate of drug-likeness (QED) is 0.378. The highest BCUT2D eigenvalue weighted by molar-refractivity contribution is 6.36. The summed E-state index contributed by atoms with van der Waals surface area (Å²) in [5, 5.41) is 4.09. The standard InChI is InChI=1S/C28H36Cl2N2O3/c1-4-26(28(34)31-21-9-6-5-7-10-21)32(17-23-24(29)11-8-12-25(23)30)27(33)18-35-22-15-13-20(14-16-22)19(2)3/h8,11-16,19,21,26H,4-7,9-10,17-18H2,1-3H3,(H,31,34). The van der Waals surface area contributed by atoms with Gasteiger partial charge >= 0.3 is 0 Å². The van der Waals surface area contributed by atoms with E-state index in [-0.39, 0.29) is 31.0 Å². The van der Waals surface area contributed by atoms with E-state index in [1.54, 1.807) is 23.1 Å². The van der Waals surface area contributed by atoms with Crippen LogP contribution in [0.4, 0.5) is 0 Å². The molecule has 1 unspecified atom stereocenters. The predicted molar refractivity (Wildman–Crippen MR) is 142 cm³/mol.